The van der Waals surface area contributed by atoms with Crippen LogP contribution in [0.15, 0.2) is 24.3 Å². The van der Waals surface area contributed by atoms with Crippen LogP contribution in [0.25, 0.3) is 0 Å². The van der Waals surface area contributed by atoms with Crippen LogP contribution in [-0.2, 0) is 14.4 Å². The van der Waals surface area contributed by atoms with Crippen molar-refractivity contribution in [1.82, 2.24) is 9.96 Å². The van der Waals surface area contributed by atoms with Crippen LogP contribution < -0.4 is 0 Å². The van der Waals surface area contributed by atoms with Gasteiger partial charge in [-0.05, 0) is 26.2 Å². The second-order valence-corrected chi connectivity index (χ2v) is 4.77. The second-order valence-electron chi connectivity index (χ2n) is 4.77. The van der Waals surface area contributed by atoms with Crippen LogP contribution in [0.1, 0.15) is 20.7 Å². The summed E-state index contributed by atoms with van der Waals surface area (Å²) in [5.41, 5.74) is 0.452. The van der Waals surface area contributed by atoms with Crippen LogP contribution in [0.3, 0.4) is 0 Å². The molecule has 0 spiro atoms. The molecule has 0 saturated carbocycles. The van der Waals surface area contributed by atoms with Crippen molar-refractivity contribution in [2.45, 2.75) is 0 Å². The Balaban J connectivity index is 1.88. The quantitative estimate of drug-likeness (QED) is 0.555. The molecule has 1 aliphatic heterocycles. The first-order chi connectivity index (χ1) is 10.0. The lowest BCUT2D eigenvalue weighted by atomic mass is 10.1. The van der Waals surface area contributed by atoms with Gasteiger partial charge in [0.05, 0.1) is 17.7 Å². The monoisotopic (exact) mass is 292 g/mol. The smallest absolute Gasteiger partial charge is 0.358 e. The van der Waals surface area contributed by atoms with E-state index in [1.54, 1.807) is 12.1 Å². The second kappa shape index (κ2) is 6.47. The predicted octanol–water partition coefficient (Wildman–Crippen LogP) is 0.319. The van der Waals surface area contributed by atoms with Crippen molar-refractivity contribution in [3.63, 3.8) is 0 Å². The van der Waals surface area contributed by atoms with Gasteiger partial charge in [0.15, 0.2) is 0 Å². The van der Waals surface area contributed by atoms with Gasteiger partial charge in [-0.25, -0.2) is 4.79 Å². The maximum absolute atomic E-state index is 11.9. The molecule has 7 nitrogen and oxygen atoms in total. The number of ether oxygens (including phenoxy) is 1. The molecule has 0 unspecified atom stereocenters. The summed E-state index contributed by atoms with van der Waals surface area (Å²) < 4.78 is 5.10. The molecule has 0 radical (unpaired) electrons. The van der Waals surface area contributed by atoms with E-state index in [2.05, 4.69) is 0 Å². The highest BCUT2D eigenvalue weighted by atomic mass is 16.7. The van der Waals surface area contributed by atoms with Crippen molar-refractivity contribution in [1.29, 1.82) is 0 Å². The lowest BCUT2D eigenvalue weighted by Gasteiger charge is -2.13. The van der Waals surface area contributed by atoms with Gasteiger partial charge in [0, 0.05) is 6.54 Å². The average Bonchev–Trinajstić information content (AvgIpc) is 2.69. The van der Waals surface area contributed by atoms with E-state index in [9.17, 15) is 14.4 Å². The lowest BCUT2D eigenvalue weighted by molar-refractivity contribution is -0.173. The highest BCUT2D eigenvalue weighted by molar-refractivity contribution is 6.20. The first-order valence-electron chi connectivity index (χ1n) is 6.42. The lowest BCUT2D eigenvalue weighted by Crippen LogP contribution is -2.34. The molecular weight excluding hydrogens is 276 g/mol. The zero-order valence-electron chi connectivity index (χ0n) is 11.9. The largest absolute Gasteiger partial charge is 0.368 e. The van der Waals surface area contributed by atoms with E-state index >= 15 is 0 Å². The Morgan fingerprint density at radius 3 is 2.24 bits per heavy atom. The number of hydrogen-bond acceptors (Lipinski definition) is 6. The first kappa shape index (κ1) is 15.1. The van der Waals surface area contributed by atoms with Crippen LogP contribution in [0, 0.1) is 0 Å². The fourth-order valence-corrected chi connectivity index (χ4v) is 1.78. The van der Waals surface area contributed by atoms with E-state index in [0.717, 1.165) is 0 Å². The molecule has 1 aliphatic rings. The summed E-state index contributed by atoms with van der Waals surface area (Å²) in [5, 5.41) is 0.475. The molecule has 112 valence electrons. The van der Waals surface area contributed by atoms with Crippen molar-refractivity contribution < 1.29 is 24.0 Å². The van der Waals surface area contributed by atoms with Crippen molar-refractivity contribution in [2.75, 3.05) is 33.9 Å². The highest BCUT2D eigenvalue weighted by Crippen LogP contribution is 2.22. The normalized spacial score (nSPS) is 13.8. The number of carbonyl (C=O) groups excluding carboxylic acids is 3. The zero-order valence-corrected chi connectivity index (χ0v) is 11.9. The summed E-state index contributed by atoms with van der Waals surface area (Å²) in [4.78, 5) is 42.1. The van der Waals surface area contributed by atoms with E-state index < -0.39 is 17.8 Å². The first-order valence-corrected chi connectivity index (χ1v) is 6.42. The Labute approximate surface area is 122 Å². The van der Waals surface area contributed by atoms with Gasteiger partial charge in [-0.15, -0.1) is 0 Å². The number of rotatable bonds is 6. The highest BCUT2D eigenvalue weighted by Gasteiger charge is 2.38. The number of hydrogen-bond donors (Lipinski definition) is 0. The molecule has 7 heteroatoms. The third-order valence-electron chi connectivity index (χ3n) is 2.85. The van der Waals surface area contributed by atoms with Gasteiger partial charge in [0.25, 0.3) is 11.8 Å². The summed E-state index contributed by atoms with van der Waals surface area (Å²) in [5.74, 6) is -2.07. The van der Waals surface area contributed by atoms with Crippen molar-refractivity contribution in [2.24, 2.45) is 0 Å². The predicted molar refractivity (Wildman–Crippen MR) is 72.4 cm³/mol. The fourth-order valence-electron chi connectivity index (χ4n) is 1.78. The van der Waals surface area contributed by atoms with E-state index in [1.165, 1.54) is 12.1 Å². The molecule has 1 aromatic carbocycles. The number of carbonyl (C=O) groups is 3. The van der Waals surface area contributed by atoms with Gasteiger partial charge in [-0.2, -0.15) is 0 Å². The summed E-state index contributed by atoms with van der Waals surface area (Å²) in [7, 11) is 3.75. The molecule has 0 aromatic heterocycles. The fraction of sp³-hybridized carbons (Fsp3) is 0.357. The van der Waals surface area contributed by atoms with Crippen LogP contribution in [0.2, 0.25) is 0 Å². The molecular formula is C14H16N2O5. The van der Waals surface area contributed by atoms with Crippen molar-refractivity contribution >= 4 is 17.8 Å². The molecule has 0 N–H and O–H groups in total. The van der Waals surface area contributed by atoms with Crippen molar-refractivity contribution in [3.8, 4) is 0 Å². The number of benzene rings is 1. The maximum Gasteiger partial charge on any atom is 0.358 e. The Kier molecular flexibility index (Phi) is 4.66. The van der Waals surface area contributed by atoms with E-state index in [0.29, 0.717) is 18.2 Å². The average molecular weight is 292 g/mol. The minimum absolute atomic E-state index is 0.226. The van der Waals surface area contributed by atoms with Gasteiger partial charge >= 0.3 is 5.97 Å². The molecule has 0 atom stereocenters. The number of fused-ring (bicyclic) bond motifs is 1. The van der Waals surface area contributed by atoms with Gasteiger partial charge in [0.1, 0.15) is 6.61 Å². The Hall–Kier alpha value is -2.25. The number of nitrogens with zero attached hydrogens (tertiary/aromatic N) is 2. The number of likely N-dealkylation sites (N-methyl/N-ethyl adjacent to an activating group) is 1. The minimum atomic E-state index is -0.789. The number of hydroxylamine groups is 2. The number of amides is 2. The molecule has 0 aliphatic carbocycles. The van der Waals surface area contributed by atoms with E-state index in [-0.39, 0.29) is 17.7 Å². The molecule has 0 saturated heterocycles. The van der Waals surface area contributed by atoms with E-state index in [4.69, 9.17) is 9.57 Å². The molecule has 2 amide bonds. The molecule has 0 fully saturated rings. The van der Waals surface area contributed by atoms with Gasteiger partial charge < -0.3 is 14.5 Å². The Bertz CT molecular complexity index is 535. The van der Waals surface area contributed by atoms with Crippen LogP contribution >= 0.6 is 0 Å². The van der Waals surface area contributed by atoms with Gasteiger partial charge in [0.2, 0.25) is 0 Å². The molecule has 2 rings (SSSR count). The summed E-state index contributed by atoms with van der Waals surface area (Å²) in [6, 6.07) is 6.30. The standard InChI is InChI=1S/C14H16N2O5/c1-15(2)7-8-20-9-12(17)21-16-13(18)10-5-3-4-6-11(10)14(16)19/h3-6H,7-9H2,1-2H3. The summed E-state index contributed by atoms with van der Waals surface area (Å²) >= 11 is 0. The van der Waals surface area contributed by atoms with Crippen LogP contribution in [0.4, 0.5) is 0 Å². The molecule has 1 heterocycles. The summed E-state index contributed by atoms with van der Waals surface area (Å²) in [6.07, 6.45) is 0. The topological polar surface area (TPSA) is 76.2 Å². The van der Waals surface area contributed by atoms with E-state index in [1.807, 2.05) is 19.0 Å². The SMILES string of the molecule is CN(C)CCOCC(=O)ON1C(=O)c2ccccc2C1=O. The molecule has 1 aromatic rings. The maximum atomic E-state index is 11.9. The Morgan fingerprint density at radius 1 is 1.14 bits per heavy atom. The van der Waals surface area contributed by atoms with Crippen molar-refractivity contribution in [3.05, 3.63) is 35.4 Å². The molecule has 0 bridgehead atoms. The number of imide groups is 1. The Morgan fingerprint density at radius 2 is 1.71 bits per heavy atom. The summed E-state index contributed by atoms with van der Waals surface area (Å²) in [6.45, 7) is 0.686. The van der Waals surface area contributed by atoms with Crippen LogP contribution in [-0.4, -0.2) is 61.6 Å². The molecule has 21 heavy (non-hydrogen) atoms. The van der Waals surface area contributed by atoms with Gasteiger partial charge in [-0.1, -0.05) is 17.2 Å². The third kappa shape index (κ3) is 3.45. The zero-order chi connectivity index (χ0) is 15.4. The minimum Gasteiger partial charge on any atom is -0.368 e. The van der Waals surface area contributed by atoms with Crippen LogP contribution in [0.5, 0.6) is 0 Å². The third-order valence-corrected chi connectivity index (χ3v) is 2.85. The van der Waals surface area contributed by atoms with Gasteiger partial charge in [-0.3, -0.25) is 9.59 Å².